The van der Waals surface area contributed by atoms with Crippen LogP contribution in [0, 0.1) is 23.7 Å². The topological polar surface area (TPSA) is 18.5 Å². The number of alkyl halides is 1. The maximum atomic E-state index is 14.5. The van der Waals surface area contributed by atoms with Gasteiger partial charge in [0.15, 0.2) is 0 Å². The molecule has 0 saturated heterocycles. The third kappa shape index (κ3) is 2.99. The van der Waals surface area contributed by atoms with Crippen LogP contribution in [0.4, 0.5) is 4.39 Å². The van der Waals surface area contributed by atoms with Crippen molar-refractivity contribution in [1.29, 1.82) is 0 Å². The van der Waals surface area contributed by atoms with Gasteiger partial charge in [0.2, 0.25) is 0 Å². The Morgan fingerprint density at radius 3 is 2.76 bits per heavy atom. The van der Waals surface area contributed by atoms with Crippen LogP contribution in [0.15, 0.2) is 18.2 Å². The second-order valence-electron chi connectivity index (χ2n) is 8.39. The second-order valence-corrected chi connectivity index (χ2v) is 8.39. The van der Waals surface area contributed by atoms with Gasteiger partial charge in [0.05, 0.1) is 13.2 Å². The first-order valence-corrected chi connectivity index (χ1v) is 10.0. The highest BCUT2D eigenvalue weighted by molar-refractivity contribution is 5.40. The van der Waals surface area contributed by atoms with Crippen LogP contribution in [0.5, 0.6) is 5.75 Å². The Hall–Kier alpha value is -1.09. The van der Waals surface area contributed by atoms with Crippen molar-refractivity contribution >= 4 is 0 Å². The number of fused-ring (bicyclic) bond motifs is 5. The molecule has 0 bridgehead atoms. The minimum Gasteiger partial charge on any atom is -0.497 e. The predicted molar refractivity (Wildman–Crippen MR) is 97.9 cm³/mol. The van der Waals surface area contributed by atoms with E-state index in [1.807, 2.05) is 6.92 Å². The molecule has 0 heterocycles. The molecule has 3 aliphatic carbocycles. The van der Waals surface area contributed by atoms with Crippen LogP contribution in [0.2, 0.25) is 0 Å². The van der Waals surface area contributed by atoms with E-state index < -0.39 is 6.17 Å². The molecule has 0 N–H and O–H groups in total. The molecule has 2 saturated carbocycles. The van der Waals surface area contributed by atoms with Gasteiger partial charge in [-0.2, -0.15) is 0 Å². The number of hydrogen-bond donors (Lipinski definition) is 0. The molecule has 3 heteroatoms. The van der Waals surface area contributed by atoms with Crippen molar-refractivity contribution in [2.75, 3.05) is 13.7 Å². The lowest BCUT2D eigenvalue weighted by Gasteiger charge is -2.54. The lowest BCUT2D eigenvalue weighted by atomic mass is 9.53. The summed E-state index contributed by atoms with van der Waals surface area (Å²) >= 11 is 0. The quantitative estimate of drug-likeness (QED) is 0.753. The molecule has 0 radical (unpaired) electrons. The van der Waals surface area contributed by atoms with Crippen molar-refractivity contribution in [3.05, 3.63) is 29.3 Å². The Bertz CT molecular complexity index is 616. The first kappa shape index (κ1) is 17.3. The third-order valence-electron chi connectivity index (χ3n) is 7.17. The molecule has 1 aromatic carbocycles. The maximum Gasteiger partial charge on any atom is 0.119 e. The van der Waals surface area contributed by atoms with Crippen LogP contribution in [0.25, 0.3) is 0 Å². The molecule has 0 amide bonds. The summed E-state index contributed by atoms with van der Waals surface area (Å²) in [5, 5.41) is 0. The normalized spacial score (nSPS) is 39.9. The number of aryl methyl sites for hydroxylation is 1. The lowest BCUT2D eigenvalue weighted by Crippen LogP contribution is -2.50. The van der Waals surface area contributed by atoms with Gasteiger partial charge in [-0.3, -0.25) is 0 Å². The van der Waals surface area contributed by atoms with Crippen LogP contribution in [-0.4, -0.2) is 26.0 Å². The highest BCUT2D eigenvalue weighted by atomic mass is 19.1. The number of ether oxygens (including phenoxy) is 2. The molecule has 3 aliphatic rings. The summed E-state index contributed by atoms with van der Waals surface area (Å²) in [6, 6.07) is 6.58. The first-order valence-electron chi connectivity index (χ1n) is 10.0. The zero-order chi connectivity index (χ0) is 17.6. The van der Waals surface area contributed by atoms with Gasteiger partial charge >= 0.3 is 0 Å². The van der Waals surface area contributed by atoms with Crippen LogP contribution >= 0.6 is 0 Å². The zero-order valence-electron chi connectivity index (χ0n) is 15.7. The largest absolute Gasteiger partial charge is 0.497 e. The van der Waals surface area contributed by atoms with E-state index in [2.05, 4.69) is 25.1 Å². The van der Waals surface area contributed by atoms with E-state index in [1.165, 1.54) is 24.0 Å². The SMILES string of the molecule is CCO[C@@H]1C[C@H](F)C[C@@H]2C1[C@@H](C)C[C@@H]1c3ccc(OC)cc3CC[C@H]12. The van der Waals surface area contributed by atoms with Gasteiger partial charge in [0, 0.05) is 13.0 Å². The van der Waals surface area contributed by atoms with Gasteiger partial charge in [-0.1, -0.05) is 13.0 Å². The molecule has 138 valence electrons. The second kappa shape index (κ2) is 6.90. The van der Waals surface area contributed by atoms with Gasteiger partial charge in [-0.25, -0.2) is 4.39 Å². The molecule has 1 unspecified atom stereocenters. The molecule has 0 spiro atoms. The lowest BCUT2D eigenvalue weighted by molar-refractivity contribution is -0.107. The highest BCUT2D eigenvalue weighted by Gasteiger charge is 2.51. The average molecular weight is 346 g/mol. The summed E-state index contributed by atoms with van der Waals surface area (Å²) in [5.41, 5.74) is 2.94. The monoisotopic (exact) mass is 346 g/mol. The fourth-order valence-corrected chi connectivity index (χ4v) is 6.29. The Kier molecular flexibility index (Phi) is 4.79. The number of methoxy groups -OCH3 is 1. The summed E-state index contributed by atoms with van der Waals surface area (Å²) in [4.78, 5) is 0. The Balaban J connectivity index is 1.65. The van der Waals surface area contributed by atoms with Crippen molar-refractivity contribution in [1.82, 2.24) is 0 Å². The Labute approximate surface area is 151 Å². The zero-order valence-corrected chi connectivity index (χ0v) is 15.7. The van der Waals surface area contributed by atoms with Crippen molar-refractivity contribution < 1.29 is 13.9 Å². The summed E-state index contributed by atoms with van der Waals surface area (Å²) in [6.07, 6.45) is 4.26. The molecule has 4 rings (SSSR count). The van der Waals surface area contributed by atoms with E-state index >= 15 is 0 Å². The van der Waals surface area contributed by atoms with E-state index in [9.17, 15) is 4.39 Å². The number of hydrogen-bond acceptors (Lipinski definition) is 2. The maximum absolute atomic E-state index is 14.5. The standard InChI is InChI=1S/C22H31FO2/c1-4-25-21-12-15(23)11-20-18-7-5-14-10-16(24-3)6-8-17(14)19(18)9-13(2)22(20)21/h6,8,10,13,15,18-22H,4-5,7,9,11-12H2,1-3H3/t13-,15+,18+,19+,20-,21+,22?/m0/s1. The van der Waals surface area contributed by atoms with E-state index in [-0.39, 0.29) is 6.10 Å². The van der Waals surface area contributed by atoms with Gasteiger partial charge in [0.1, 0.15) is 11.9 Å². The molecular weight excluding hydrogens is 315 g/mol. The van der Waals surface area contributed by atoms with Crippen molar-refractivity contribution in [3.8, 4) is 5.75 Å². The summed E-state index contributed by atoms with van der Waals surface area (Å²) in [6.45, 7) is 5.11. The van der Waals surface area contributed by atoms with Crippen LogP contribution in [0.3, 0.4) is 0 Å². The van der Waals surface area contributed by atoms with Crippen molar-refractivity contribution in [2.45, 2.75) is 64.1 Å². The Morgan fingerprint density at radius 2 is 2.00 bits per heavy atom. The summed E-state index contributed by atoms with van der Waals surface area (Å²) in [5.74, 6) is 3.76. The van der Waals surface area contributed by atoms with Gasteiger partial charge < -0.3 is 9.47 Å². The average Bonchev–Trinajstić information content (AvgIpc) is 2.61. The molecule has 7 atom stereocenters. The molecule has 0 aromatic heterocycles. The number of benzene rings is 1. The number of rotatable bonds is 3. The van der Waals surface area contributed by atoms with Crippen molar-refractivity contribution in [2.24, 2.45) is 23.7 Å². The summed E-state index contributed by atoms with van der Waals surface area (Å²) < 4.78 is 25.9. The molecular formula is C22H31FO2. The minimum absolute atomic E-state index is 0.118. The third-order valence-corrected chi connectivity index (χ3v) is 7.17. The molecule has 1 aromatic rings. The minimum atomic E-state index is -0.694. The highest BCUT2D eigenvalue weighted by Crippen LogP contribution is 2.56. The smallest absolute Gasteiger partial charge is 0.119 e. The van der Waals surface area contributed by atoms with Gasteiger partial charge in [0.25, 0.3) is 0 Å². The van der Waals surface area contributed by atoms with Crippen LogP contribution < -0.4 is 4.74 Å². The fraction of sp³-hybridized carbons (Fsp3) is 0.727. The van der Waals surface area contributed by atoms with E-state index in [0.29, 0.717) is 42.6 Å². The fourth-order valence-electron chi connectivity index (χ4n) is 6.29. The van der Waals surface area contributed by atoms with E-state index in [1.54, 1.807) is 7.11 Å². The van der Waals surface area contributed by atoms with Crippen molar-refractivity contribution in [3.63, 3.8) is 0 Å². The first-order chi connectivity index (χ1) is 12.1. The van der Waals surface area contributed by atoms with Gasteiger partial charge in [-0.15, -0.1) is 0 Å². The predicted octanol–water partition coefficient (Wildman–Crippen LogP) is 5.15. The molecule has 2 nitrogen and oxygen atoms in total. The molecule has 25 heavy (non-hydrogen) atoms. The van der Waals surface area contributed by atoms with Crippen LogP contribution in [0.1, 0.15) is 56.6 Å². The van der Waals surface area contributed by atoms with E-state index in [0.717, 1.165) is 18.6 Å². The number of halogens is 1. The summed E-state index contributed by atoms with van der Waals surface area (Å²) in [7, 11) is 1.73. The Morgan fingerprint density at radius 1 is 1.16 bits per heavy atom. The van der Waals surface area contributed by atoms with Gasteiger partial charge in [-0.05, 0) is 85.5 Å². The molecule has 2 fully saturated rings. The van der Waals surface area contributed by atoms with E-state index in [4.69, 9.17) is 9.47 Å². The molecule has 0 aliphatic heterocycles. The van der Waals surface area contributed by atoms with Crippen LogP contribution in [-0.2, 0) is 11.2 Å².